The summed E-state index contributed by atoms with van der Waals surface area (Å²) in [5, 5.41) is 7.35. The maximum absolute atomic E-state index is 12.9. The van der Waals surface area contributed by atoms with Crippen LogP contribution in [0.2, 0.25) is 0 Å². The van der Waals surface area contributed by atoms with Gasteiger partial charge in [-0.15, -0.1) is 0 Å². The maximum Gasteiger partial charge on any atom is 0.251 e. The number of aromatic amines is 1. The Balaban J connectivity index is 0.00000109. The Morgan fingerprint density at radius 2 is 1.86 bits per heavy atom. The normalized spacial score (nSPS) is 22.4. The zero-order valence-electron chi connectivity index (χ0n) is 18.0. The van der Waals surface area contributed by atoms with Crippen LogP contribution in [-0.4, -0.2) is 35.8 Å². The summed E-state index contributed by atoms with van der Waals surface area (Å²) in [5.41, 5.74) is 2.82. The van der Waals surface area contributed by atoms with Gasteiger partial charge >= 0.3 is 0 Å². The maximum atomic E-state index is 12.9. The molecule has 5 heteroatoms. The SMILES string of the molecule is CC.CC1(C)CC(C)(C)c2c([nH]c3ccc(C(=O)NC4CCNC4)cc23)C1=O. The molecule has 1 aliphatic carbocycles. The zero-order chi connectivity index (χ0) is 20.7. The number of Topliss-reactive ketones (excluding diaryl/α,β-unsaturated/α-hetero) is 1. The summed E-state index contributed by atoms with van der Waals surface area (Å²) in [4.78, 5) is 28.9. The van der Waals surface area contributed by atoms with Crippen molar-refractivity contribution in [2.75, 3.05) is 13.1 Å². The first-order chi connectivity index (χ1) is 13.2. The van der Waals surface area contributed by atoms with E-state index in [0.717, 1.165) is 42.4 Å². The number of carbonyl (C=O) groups is 2. The Morgan fingerprint density at radius 3 is 2.50 bits per heavy atom. The Labute approximate surface area is 167 Å². The summed E-state index contributed by atoms with van der Waals surface area (Å²) in [6.07, 6.45) is 1.76. The molecule has 0 bridgehead atoms. The summed E-state index contributed by atoms with van der Waals surface area (Å²) in [5.74, 6) is 0.113. The van der Waals surface area contributed by atoms with Gasteiger partial charge in [-0.25, -0.2) is 0 Å². The highest BCUT2D eigenvalue weighted by molar-refractivity contribution is 6.08. The molecule has 2 aliphatic rings. The highest BCUT2D eigenvalue weighted by Crippen LogP contribution is 2.48. The van der Waals surface area contributed by atoms with Crippen LogP contribution in [0.25, 0.3) is 10.9 Å². The predicted octanol–water partition coefficient (Wildman–Crippen LogP) is 4.18. The predicted molar refractivity (Wildman–Crippen MR) is 114 cm³/mol. The molecule has 152 valence electrons. The van der Waals surface area contributed by atoms with E-state index in [2.05, 4.69) is 29.5 Å². The van der Waals surface area contributed by atoms with Gasteiger partial charge in [-0.1, -0.05) is 41.5 Å². The zero-order valence-corrected chi connectivity index (χ0v) is 18.0. The van der Waals surface area contributed by atoms with Crippen LogP contribution >= 0.6 is 0 Å². The van der Waals surface area contributed by atoms with E-state index < -0.39 is 0 Å². The molecule has 2 aromatic rings. The third-order valence-corrected chi connectivity index (χ3v) is 5.86. The van der Waals surface area contributed by atoms with Crippen molar-refractivity contribution < 1.29 is 9.59 Å². The van der Waals surface area contributed by atoms with Gasteiger partial charge in [0, 0.05) is 34.5 Å². The second kappa shape index (κ2) is 7.36. The fraction of sp³-hybridized carbons (Fsp3) is 0.565. The van der Waals surface area contributed by atoms with Crippen LogP contribution in [0.5, 0.6) is 0 Å². The first-order valence-corrected chi connectivity index (χ1v) is 10.4. The van der Waals surface area contributed by atoms with E-state index in [-0.39, 0.29) is 28.6 Å². The van der Waals surface area contributed by atoms with Crippen molar-refractivity contribution in [2.24, 2.45) is 5.41 Å². The monoisotopic (exact) mass is 383 g/mol. The Hall–Kier alpha value is -2.14. The van der Waals surface area contributed by atoms with E-state index in [0.29, 0.717) is 11.3 Å². The minimum absolute atomic E-state index is 0.0455. The van der Waals surface area contributed by atoms with Crippen LogP contribution in [0.1, 0.15) is 80.8 Å². The van der Waals surface area contributed by atoms with Gasteiger partial charge in [0.25, 0.3) is 5.91 Å². The van der Waals surface area contributed by atoms with Crippen LogP contribution in [0.15, 0.2) is 18.2 Å². The summed E-state index contributed by atoms with van der Waals surface area (Å²) in [6, 6.07) is 5.89. The molecule has 0 saturated carbocycles. The van der Waals surface area contributed by atoms with E-state index >= 15 is 0 Å². The summed E-state index contributed by atoms with van der Waals surface area (Å²) in [7, 11) is 0. The van der Waals surface area contributed by atoms with Gasteiger partial charge < -0.3 is 15.6 Å². The van der Waals surface area contributed by atoms with Crippen LogP contribution < -0.4 is 10.6 Å². The molecule has 5 nitrogen and oxygen atoms in total. The molecule has 1 aliphatic heterocycles. The van der Waals surface area contributed by atoms with Crippen LogP contribution in [-0.2, 0) is 5.41 Å². The lowest BCUT2D eigenvalue weighted by Crippen LogP contribution is -2.39. The molecule has 0 radical (unpaired) electrons. The first kappa shape index (κ1) is 20.6. The highest BCUT2D eigenvalue weighted by Gasteiger charge is 2.45. The molecule has 1 unspecified atom stereocenters. The molecule has 1 amide bonds. The number of ketones is 1. The van der Waals surface area contributed by atoms with Crippen molar-refractivity contribution in [3.63, 3.8) is 0 Å². The quantitative estimate of drug-likeness (QED) is 0.728. The second-order valence-corrected chi connectivity index (χ2v) is 9.07. The van der Waals surface area contributed by atoms with Crippen molar-refractivity contribution in [1.29, 1.82) is 0 Å². The molecule has 1 atom stereocenters. The Bertz CT molecular complexity index is 902. The van der Waals surface area contributed by atoms with Gasteiger partial charge in [-0.3, -0.25) is 9.59 Å². The largest absolute Gasteiger partial charge is 0.352 e. The molecule has 1 aromatic heterocycles. The third kappa shape index (κ3) is 3.48. The van der Waals surface area contributed by atoms with E-state index in [4.69, 9.17) is 0 Å². The molecule has 28 heavy (non-hydrogen) atoms. The number of rotatable bonds is 2. The van der Waals surface area contributed by atoms with Gasteiger partial charge in [-0.2, -0.15) is 0 Å². The van der Waals surface area contributed by atoms with Crippen molar-refractivity contribution in [2.45, 2.75) is 65.8 Å². The number of carbonyl (C=O) groups excluding carboxylic acids is 2. The van der Waals surface area contributed by atoms with Crippen molar-refractivity contribution in [3.8, 4) is 0 Å². The molecule has 1 aromatic carbocycles. The minimum Gasteiger partial charge on any atom is -0.352 e. The van der Waals surface area contributed by atoms with Crippen LogP contribution in [0, 0.1) is 5.41 Å². The Kier molecular flexibility index (Phi) is 5.41. The van der Waals surface area contributed by atoms with Crippen molar-refractivity contribution >= 4 is 22.6 Å². The number of fused-ring (bicyclic) bond motifs is 3. The summed E-state index contributed by atoms with van der Waals surface area (Å²) < 4.78 is 0. The molecule has 2 heterocycles. The highest BCUT2D eigenvalue weighted by atomic mass is 16.1. The van der Waals surface area contributed by atoms with E-state index in [9.17, 15) is 9.59 Å². The minimum atomic E-state index is -0.382. The molecule has 1 saturated heterocycles. The van der Waals surface area contributed by atoms with Gasteiger partial charge in [0.2, 0.25) is 0 Å². The topological polar surface area (TPSA) is 74.0 Å². The average molecular weight is 384 g/mol. The second-order valence-electron chi connectivity index (χ2n) is 9.07. The molecule has 3 N–H and O–H groups in total. The number of H-pyrrole nitrogens is 1. The lowest BCUT2D eigenvalue weighted by Gasteiger charge is -2.39. The first-order valence-electron chi connectivity index (χ1n) is 10.4. The lowest BCUT2D eigenvalue weighted by atomic mass is 9.63. The van der Waals surface area contributed by atoms with Crippen LogP contribution in [0.3, 0.4) is 0 Å². The standard InChI is InChI=1S/C21H27N3O2.C2H6/c1-20(2)11-21(3,4)18(25)17-16(20)14-9-12(5-6-15(14)24-17)19(26)23-13-7-8-22-10-13;1-2/h5-6,9,13,22,24H,7-8,10-11H2,1-4H3,(H,23,26);1-2H3. The number of nitrogens with one attached hydrogen (secondary N) is 3. The summed E-state index contributed by atoms with van der Waals surface area (Å²) in [6.45, 7) is 14.2. The van der Waals surface area contributed by atoms with Gasteiger partial charge in [0.1, 0.15) is 0 Å². The van der Waals surface area contributed by atoms with Gasteiger partial charge in [0.05, 0.1) is 5.69 Å². The molecular formula is C23H33N3O2. The fourth-order valence-electron chi connectivity index (χ4n) is 4.86. The number of aromatic nitrogens is 1. The fourth-order valence-corrected chi connectivity index (χ4v) is 4.86. The average Bonchev–Trinajstić information content (AvgIpc) is 3.27. The third-order valence-electron chi connectivity index (χ3n) is 5.86. The molecular weight excluding hydrogens is 350 g/mol. The van der Waals surface area contributed by atoms with Crippen molar-refractivity contribution in [3.05, 3.63) is 35.0 Å². The molecule has 4 rings (SSSR count). The number of amides is 1. The summed E-state index contributed by atoms with van der Waals surface area (Å²) >= 11 is 0. The van der Waals surface area contributed by atoms with E-state index in [1.807, 2.05) is 45.9 Å². The van der Waals surface area contributed by atoms with Gasteiger partial charge in [-0.05, 0) is 48.6 Å². The Morgan fingerprint density at radius 1 is 1.14 bits per heavy atom. The van der Waals surface area contributed by atoms with E-state index in [1.165, 1.54) is 0 Å². The lowest BCUT2D eigenvalue weighted by molar-refractivity contribution is 0.0759. The number of hydrogen-bond donors (Lipinski definition) is 3. The number of hydrogen-bond acceptors (Lipinski definition) is 3. The van der Waals surface area contributed by atoms with E-state index in [1.54, 1.807) is 0 Å². The van der Waals surface area contributed by atoms with Crippen molar-refractivity contribution in [1.82, 2.24) is 15.6 Å². The molecule has 1 fully saturated rings. The smallest absolute Gasteiger partial charge is 0.251 e. The number of benzene rings is 1. The molecule has 0 spiro atoms. The van der Waals surface area contributed by atoms with Gasteiger partial charge in [0.15, 0.2) is 5.78 Å². The van der Waals surface area contributed by atoms with Crippen LogP contribution in [0.4, 0.5) is 0 Å².